The molecule has 0 saturated heterocycles. The first-order valence-electron chi connectivity index (χ1n) is 6.03. The zero-order valence-corrected chi connectivity index (χ0v) is 12.6. The predicted octanol–water partition coefficient (Wildman–Crippen LogP) is 2.06. The van der Waals surface area contributed by atoms with Gasteiger partial charge < -0.3 is 15.7 Å². The Kier molecular flexibility index (Phi) is 6.26. The molecule has 0 radical (unpaired) electrons. The molecule has 1 rings (SSSR count). The molecule has 5 nitrogen and oxygen atoms in total. The number of nitrogens with one attached hydrogen (secondary N) is 2. The molecule has 20 heavy (non-hydrogen) atoms. The van der Waals surface area contributed by atoms with Crippen molar-refractivity contribution in [1.82, 2.24) is 5.32 Å². The number of hydrogen-bond acceptors (Lipinski definition) is 3. The fourth-order valence-corrected chi connectivity index (χ4v) is 1.70. The van der Waals surface area contributed by atoms with Gasteiger partial charge in [-0.3, -0.25) is 9.59 Å². The first kappa shape index (κ1) is 16.8. The number of carbonyl (C=O) groups is 2. The molecule has 1 aromatic rings. The third-order valence-electron chi connectivity index (χ3n) is 2.91. The van der Waals surface area contributed by atoms with Gasteiger partial charge in [0.15, 0.2) is 0 Å². The van der Waals surface area contributed by atoms with Crippen LogP contribution in [0.5, 0.6) is 0 Å². The summed E-state index contributed by atoms with van der Waals surface area (Å²) in [6.45, 7) is 3.39. The van der Waals surface area contributed by atoms with Crippen molar-refractivity contribution in [3.8, 4) is 0 Å². The van der Waals surface area contributed by atoms with Crippen molar-refractivity contribution in [3.63, 3.8) is 0 Å². The zero-order valence-electron chi connectivity index (χ0n) is 11.1. The van der Waals surface area contributed by atoms with Crippen LogP contribution >= 0.6 is 23.2 Å². The lowest BCUT2D eigenvalue weighted by Gasteiger charge is -2.18. The maximum atomic E-state index is 11.7. The summed E-state index contributed by atoms with van der Waals surface area (Å²) in [6, 6.07) is 4.40. The van der Waals surface area contributed by atoms with Gasteiger partial charge in [0, 0.05) is 12.6 Å². The third kappa shape index (κ3) is 4.37. The Morgan fingerprint density at radius 2 is 1.90 bits per heavy atom. The van der Waals surface area contributed by atoms with Crippen LogP contribution in [0.2, 0.25) is 10.0 Å². The van der Waals surface area contributed by atoms with Gasteiger partial charge in [0.25, 0.3) is 0 Å². The fraction of sp³-hybridized carbons (Fsp3) is 0.385. The van der Waals surface area contributed by atoms with Gasteiger partial charge in [-0.2, -0.15) is 0 Å². The highest BCUT2D eigenvalue weighted by Crippen LogP contribution is 2.29. The first-order valence-corrected chi connectivity index (χ1v) is 6.79. The highest BCUT2D eigenvalue weighted by molar-refractivity contribution is 6.45. The summed E-state index contributed by atoms with van der Waals surface area (Å²) in [6.07, 6.45) is 0. The second-order valence-corrected chi connectivity index (χ2v) is 5.26. The molecular formula is C13H16Cl2N2O3. The monoisotopic (exact) mass is 318 g/mol. The summed E-state index contributed by atoms with van der Waals surface area (Å²) in [4.78, 5) is 23.4. The Morgan fingerprint density at radius 3 is 2.50 bits per heavy atom. The van der Waals surface area contributed by atoms with E-state index >= 15 is 0 Å². The van der Waals surface area contributed by atoms with E-state index in [0.717, 1.165) is 0 Å². The van der Waals surface area contributed by atoms with Crippen molar-refractivity contribution < 1.29 is 14.7 Å². The quantitative estimate of drug-likeness (QED) is 0.743. The Morgan fingerprint density at radius 1 is 1.25 bits per heavy atom. The number of carbonyl (C=O) groups excluding carboxylic acids is 2. The molecule has 0 aliphatic carbocycles. The molecule has 2 amide bonds. The van der Waals surface area contributed by atoms with Crippen molar-refractivity contribution >= 4 is 40.7 Å². The van der Waals surface area contributed by atoms with Crippen molar-refractivity contribution in [3.05, 3.63) is 28.2 Å². The molecule has 1 aromatic carbocycles. The van der Waals surface area contributed by atoms with Gasteiger partial charge in [0.05, 0.1) is 15.7 Å². The van der Waals surface area contributed by atoms with Crippen molar-refractivity contribution in [1.29, 1.82) is 0 Å². The normalized spacial score (nSPS) is 13.4. The minimum atomic E-state index is -0.842. The van der Waals surface area contributed by atoms with Crippen LogP contribution in [0.4, 0.5) is 5.69 Å². The van der Waals surface area contributed by atoms with E-state index in [1.54, 1.807) is 32.0 Å². The van der Waals surface area contributed by atoms with Crippen LogP contribution in [0.15, 0.2) is 18.2 Å². The molecule has 0 bridgehead atoms. The molecule has 0 aromatic heterocycles. The third-order valence-corrected chi connectivity index (χ3v) is 3.73. The standard InChI is InChI=1S/C13H16Cl2N2O3/c1-7(6-18)8(2)16-12(19)13(20)17-10-5-3-4-9(14)11(10)15/h3-5,7-8,18H,6H2,1-2H3,(H,16,19)(H,17,20). The highest BCUT2D eigenvalue weighted by Gasteiger charge is 2.20. The van der Waals surface area contributed by atoms with Gasteiger partial charge in [0.2, 0.25) is 0 Å². The summed E-state index contributed by atoms with van der Waals surface area (Å²) in [5, 5.41) is 14.3. The predicted molar refractivity (Wildman–Crippen MR) is 78.9 cm³/mol. The van der Waals surface area contributed by atoms with E-state index in [2.05, 4.69) is 10.6 Å². The average molecular weight is 319 g/mol. The summed E-state index contributed by atoms with van der Waals surface area (Å²) in [7, 11) is 0. The Labute approximate surface area is 127 Å². The number of benzene rings is 1. The van der Waals surface area contributed by atoms with Crippen LogP contribution in [0, 0.1) is 5.92 Å². The molecule has 0 aliphatic rings. The maximum Gasteiger partial charge on any atom is 0.313 e. The van der Waals surface area contributed by atoms with E-state index in [1.807, 2.05) is 0 Å². The second-order valence-electron chi connectivity index (χ2n) is 4.48. The molecule has 2 unspecified atom stereocenters. The highest BCUT2D eigenvalue weighted by atomic mass is 35.5. The Bertz CT molecular complexity index is 508. The number of halogens is 2. The Hall–Kier alpha value is -1.30. The van der Waals surface area contributed by atoms with Gasteiger partial charge in [-0.25, -0.2) is 0 Å². The van der Waals surface area contributed by atoms with Crippen molar-refractivity contribution in [2.75, 3.05) is 11.9 Å². The number of anilines is 1. The number of aliphatic hydroxyl groups excluding tert-OH is 1. The molecule has 0 heterocycles. The molecule has 2 atom stereocenters. The van der Waals surface area contributed by atoms with E-state index in [4.69, 9.17) is 28.3 Å². The lowest BCUT2D eigenvalue weighted by Crippen LogP contribution is -2.44. The van der Waals surface area contributed by atoms with E-state index in [0.29, 0.717) is 0 Å². The van der Waals surface area contributed by atoms with Crippen LogP contribution < -0.4 is 10.6 Å². The molecular weight excluding hydrogens is 303 g/mol. The van der Waals surface area contributed by atoms with E-state index in [1.165, 1.54) is 0 Å². The summed E-state index contributed by atoms with van der Waals surface area (Å²) >= 11 is 11.7. The minimum Gasteiger partial charge on any atom is -0.396 e. The largest absolute Gasteiger partial charge is 0.396 e. The minimum absolute atomic E-state index is 0.0802. The van der Waals surface area contributed by atoms with Crippen LogP contribution in [0.3, 0.4) is 0 Å². The number of rotatable bonds is 4. The summed E-state index contributed by atoms with van der Waals surface area (Å²) in [5.74, 6) is -1.79. The van der Waals surface area contributed by atoms with Gasteiger partial charge in [-0.1, -0.05) is 36.2 Å². The van der Waals surface area contributed by atoms with E-state index in [-0.39, 0.29) is 34.3 Å². The number of amides is 2. The lowest BCUT2D eigenvalue weighted by atomic mass is 10.1. The van der Waals surface area contributed by atoms with E-state index < -0.39 is 11.8 Å². The lowest BCUT2D eigenvalue weighted by molar-refractivity contribution is -0.136. The molecule has 0 spiro atoms. The number of aliphatic hydroxyl groups is 1. The molecule has 110 valence electrons. The molecule has 7 heteroatoms. The SMILES string of the molecule is CC(CO)C(C)NC(=O)C(=O)Nc1cccc(Cl)c1Cl. The van der Waals surface area contributed by atoms with Crippen LogP contribution in [0.1, 0.15) is 13.8 Å². The maximum absolute atomic E-state index is 11.7. The van der Waals surface area contributed by atoms with Crippen LogP contribution in [0.25, 0.3) is 0 Å². The summed E-state index contributed by atoms with van der Waals surface area (Å²) in [5.41, 5.74) is 0.266. The van der Waals surface area contributed by atoms with Crippen molar-refractivity contribution in [2.24, 2.45) is 5.92 Å². The van der Waals surface area contributed by atoms with Crippen molar-refractivity contribution in [2.45, 2.75) is 19.9 Å². The van der Waals surface area contributed by atoms with Crippen LogP contribution in [-0.2, 0) is 9.59 Å². The molecule has 0 fully saturated rings. The smallest absolute Gasteiger partial charge is 0.313 e. The average Bonchev–Trinajstić information content (AvgIpc) is 2.42. The topological polar surface area (TPSA) is 78.4 Å². The van der Waals surface area contributed by atoms with Crippen LogP contribution in [-0.4, -0.2) is 29.6 Å². The molecule has 3 N–H and O–H groups in total. The number of hydrogen-bond donors (Lipinski definition) is 3. The van der Waals surface area contributed by atoms with E-state index in [9.17, 15) is 9.59 Å². The van der Waals surface area contributed by atoms with Gasteiger partial charge in [0.1, 0.15) is 0 Å². The molecule has 0 saturated carbocycles. The Balaban J connectivity index is 2.67. The first-order chi connectivity index (χ1) is 9.36. The summed E-state index contributed by atoms with van der Waals surface area (Å²) < 4.78 is 0. The second kappa shape index (κ2) is 7.47. The fourth-order valence-electron chi connectivity index (χ4n) is 1.35. The van der Waals surface area contributed by atoms with Gasteiger partial charge in [-0.05, 0) is 25.0 Å². The molecule has 0 aliphatic heterocycles. The van der Waals surface area contributed by atoms with Gasteiger partial charge in [-0.15, -0.1) is 0 Å². The zero-order chi connectivity index (χ0) is 15.3. The van der Waals surface area contributed by atoms with Gasteiger partial charge >= 0.3 is 11.8 Å².